The van der Waals surface area contributed by atoms with Gasteiger partial charge >= 0.3 is 5.69 Å². The fourth-order valence-corrected chi connectivity index (χ4v) is 1.44. The Kier molecular flexibility index (Phi) is 2.00. The lowest BCUT2D eigenvalue weighted by Gasteiger charge is -2.01. The zero-order valence-electron chi connectivity index (χ0n) is 7.97. The number of pyridine rings is 1. The van der Waals surface area contributed by atoms with Gasteiger partial charge < -0.3 is 5.11 Å². The zero-order chi connectivity index (χ0) is 11.0. The summed E-state index contributed by atoms with van der Waals surface area (Å²) in [6, 6.07) is 6.41. The van der Waals surface area contributed by atoms with Crippen LogP contribution >= 0.6 is 0 Å². The second kappa shape index (κ2) is 3.20. The molecule has 15 heavy (non-hydrogen) atoms. The van der Waals surface area contributed by atoms with E-state index in [0.29, 0.717) is 11.1 Å². The van der Waals surface area contributed by atoms with E-state index in [9.17, 15) is 15.2 Å². The summed E-state index contributed by atoms with van der Waals surface area (Å²) in [7, 11) is 0. The summed E-state index contributed by atoms with van der Waals surface area (Å²) in [5.74, 6) is -0.356. The molecular formula is C10H8N2O3. The average Bonchev–Trinajstić information content (AvgIpc) is 2.16. The first-order valence-corrected chi connectivity index (χ1v) is 4.33. The summed E-state index contributed by atoms with van der Waals surface area (Å²) in [4.78, 5) is 14.2. The van der Waals surface area contributed by atoms with Crippen LogP contribution in [0.1, 0.15) is 5.69 Å². The predicted octanol–water partition coefficient (Wildman–Crippen LogP) is 2.16. The second-order valence-corrected chi connectivity index (χ2v) is 3.21. The third-order valence-electron chi connectivity index (χ3n) is 2.14. The van der Waals surface area contributed by atoms with Crippen LogP contribution in [0.5, 0.6) is 5.75 Å². The van der Waals surface area contributed by atoms with Gasteiger partial charge in [0.15, 0.2) is 11.3 Å². The van der Waals surface area contributed by atoms with Gasteiger partial charge in [0.25, 0.3) is 0 Å². The molecule has 5 heteroatoms. The quantitative estimate of drug-likeness (QED) is 0.570. The molecule has 2 rings (SSSR count). The number of nitro benzene ring substituents is 1. The average molecular weight is 204 g/mol. The number of aromatic nitrogens is 1. The van der Waals surface area contributed by atoms with Crippen molar-refractivity contribution in [1.82, 2.24) is 4.98 Å². The van der Waals surface area contributed by atoms with Crippen molar-refractivity contribution in [2.24, 2.45) is 0 Å². The Hall–Kier alpha value is -2.17. The molecule has 0 aliphatic carbocycles. The van der Waals surface area contributed by atoms with Crippen molar-refractivity contribution in [1.29, 1.82) is 0 Å². The van der Waals surface area contributed by atoms with Crippen molar-refractivity contribution in [3.8, 4) is 5.75 Å². The Bertz CT molecular complexity index is 546. The molecule has 0 aliphatic heterocycles. The molecule has 2 aromatic rings. The fraction of sp³-hybridized carbons (Fsp3) is 0.100. The van der Waals surface area contributed by atoms with Crippen LogP contribution in [0.25, 0.3) is 10.9 Å². The van der Waals surface area contributed by atoms with E-state index in [4.69, 9.17) is 0 Å². The highest BCUT2D eigenvalue weighted by Gasteiger charge is 2.18. The number of fused-ring (bicyclic) bond motifs is 1. The topological polar surface area (TPSA) is 76.3 Å². The zero-order valence-corrected chi connectivity index (χ0v) is 7.97. The van der Waals surface area contributed by atoms with Crippen LogP contribution in [0, 0.1) is 17.0 Å². The Morgan fingerprint density at radius 3 is 2.67 bits per heavy atom. The van der Waals surface area contributed by atoms with Gasteiger partial charge in [-0.3, -0.25) is 10.1 Å². The van der Waals surface area contributed by atoms with Crippen molar-refractivity contribution >= 4 is 16.6 Å². The van der Waals surface area contributed by atoms with Gasteiger partial charge in [0.05, 0.1) is 4.92 Å². The molecule has 0 fully saturated rings. The van der Waals surface area contributed by atoms with E-state index in [1.807, 2.05) is 0 Å². The molecule has 0 aliphatic rings. The Balaban J connectivity index is 2.90. The molecular weight excluding hydrogens is 196 g/mol. The van der Waals surface area contributed by atoms with Crippen molar-refractivity contribution in [3.63, 3.8) is 0 Å². The lowest BCUT2D eigenvalue weighted by atomic mass is 10.1. The Morgan fingerprint density at radius 1 is 1.33 bits per heavy atom. The number of aryl methyl sites for hydroxylation is 1. The van der Waals surface area contributed by atoms with Gasteiger partial charge in [0.2, 0.25) is 0 Å². The number of nitrogens with zero attached hydrogens (tertiary/aromatic N) is 2. The van der Waals surface area contributed by atoms with Crippen LogP contribution in [-0.2, 0) is 0 Å². The van der Waals surface area contributed by atoms with Crippen LogP contribution in [-0.4, -0.2) is 15.0 Å². The lowest BCUT2D eigenvalue weighted by molar-refractivity contribution is -0.384. The Morgan fingerprint density at radius 2 is 2.00 bits per heavy atom. The maximum Gasteiger partial charge on any atom is 0.336 e. The molecule has 1 N–H and O–H groups in total. The van der Waals surface area contributed by atoms with Gasteiger partial charge in [-0.05, 0) is 25.1 Å². The minimum Gasteiger partial charge on any atom is -0.502 e. The maximum absolute atomic E-state index is 10.8. The normalized spacial score (nSPS) is 10.5. The van der Waals surface area contributed by atoms with E-state index in [1.165, 1.54) is 6.07 Å². The highest BCUT2D eigenvalue weighted by atomic mass is 16.6. The summed E-state index contributed by atoms with van der Waals surface area (Å²) in [6.07, 6.45) is 0. The van der Waals surface area contributed by atoms with Gasteiger partial charge in [-0.1, -0.05) is 6.07 Å². The van der Waals surface area contributed by atoms with Gasteiger partial charge in [-0.25, -0.2) is 4.98 Å². The standard InChI is InChI=1S/C10H8N2O3/c1-6-2-3-7-4-5-8(13)10(12(14)15)9(7)11-6/h2-5,13H,1H3. The van der Waals surface area contributed by atoms with Gasteiger partial charge in [-0.15, -0.1) is 0 Å². The number of benzene rings is 1. The fourth-order valence-electron chi connectivity index (χ4n) is 1.44. The molecule has 0 bridgehead atoms. The van der Waals surface area contributed by atoms with Crippen molar-refractivity contribution in [3.05, 3.63) is 40.1 Å². The van der Waals surface area contributed by atoms with Crippen molar-refractivity contribution < 1.29 is 10.0 Å². The highest BCUT2D eigenvalue weighted by Crippen LogP contribution is 2.32. The number of hydrogen-bond acceptors (Lipinski definition) is 4. The number of phenolic OH excluding ortho intramolecular Hbond substituents is 1. The third-order valence-corrected chi connectivity index (χ3v) is 2.14. The smallest absolute Gasteiger partial charge is 0.336 e. The van der Waals surface area contributed by atoms with Crippen LogP contribution in [0.2, 0.25) is 0 Å². The summed E-state index contributed by atoms with van der Waals surface area (Å²) < 4.78 is 0. The summed E-state index contributed by atoms with van der Waals surface area (Å²) in [5.41, 5.74) is 0.562. The maximum atomic E-state index is 10.8. The highest BCUT2D eigenvalue weighted by molar-refractivity contribution is 5.90. The minimum atomic E-state index is -0.621. The number of hydrogen-bond donors (Lipinski definition) is 1. The molecule has 1 aromatic heterocycles. The molecule has 1 heterocycles. The van der Waals surface area contributed by atoms with E-state index >= 15 is 0 Å². The number of rotatable bonds is 1. The van der Waals surface area contributed by atoms with Crippen LogP contribution in [0.3, 0.4) is 0 Å². The first kappa shape index (κ1) is 9.39. The van der Waals surface area contributed by atoms with Crippen LogP contribution < -0.4 is 0 Å². The molecule has 0 amide bonds. The molecule has 0 radical (unpaired) electrons. The molecule has 0 unspecified atom stereocenters. The number of phenols is 1. The van der Waals surface area contributed by atoms with E-state index in [1.54, 1.807) is 25.1 Å². The molecule has 0 atom stereocenters. The first-order chi connectivity index (χ1) is 7.09. The summed E-state index contributed by atoms with van der Waals surface area (Å²) in [6.45, 7) is 1.74. The molecule has 76 valence electrons. The second-order valence-electron chi connectivity index (χ2n) is 3.21. The number of nitro groups is 1. The van der Waals surface area contributed by atoms with E-state index in [-0.39, 0.29) is 17.0 Å². The van der Waals surface area contributed by atoms with Crippen LogP contribution in [0.15, 0.2) is 24.3 Å². The predicted molar refractivity (Wildman–Crippen MR) is 54.8 cm³/mol. The summed E-state index contributed by atoms with van der Waals surface area (Å²) >= 11 is 0. The lowest BCUT2D eigenvalue weighted by Crippen LogP contribution is -1.93. The minimum absolute atomic E-state index is 0.222. The summed E-state index contributed by atoms with van der Waals surface area (Å²) in [5, 5.41) is 20.8. The van der Waals surface area contributed by atoms with E-state index in [2.05, 4.69) is 4.98 Å². The van der Waals surface area contributed by atoms with Crippen molar-refractivity contribution in [2.45, 2.75) is 6.92 Å². The number of aromatic hydroxyl groups is 1. The molecule has 0 spiro atoms. The van der Waals surface area contributed by atoms with Crippen molar-refractivity contribution in [2.75, 3.05) is 0 Å². The van der Waals surface area contributed by atoms with Gasteiger partial charge in [0, 0.05) is 11.1 Å². The monoisotopic (exact) mass is 204 g/mol. The molecule has 0 saturated heterocycles. The Labute approximate surface area is 85.1 Å². The van der Waals surface area contributed by atoms with E-state index in [0.717, 1.165) is 0 Å². The SMILES string of the molecule is Cc1ccc2ccc(O)c([N+](=O)[O-])c2n1. The molecule has 0 saturated carbocycles. The molecule has 1 aromatic carbocycles. The molecule has 5 nitrogen and oxygen atoms in total. The van der Waals surface area contributed by atoms with Gasteiger partial charge in [-0.2, -0.15) is 0 Å². The third kappa shape index (κ3) is 1.48. The largest absolute Gasteiger partial charge is 0.502 e. The van der Waals surface area contributed by atoms with Crippen LogP contribution in [0.4, 0.5) is 5.69 Å². The first-order valence-electron chi connectivity index (χ1n) is 4.33. The van der Waals surface area contributed by atoms with Gasteiger partial charge in [0.1, 0.15) is 0 Å². The van der Waals surface area contributed by atoms with E-state index < -0.39 is 4.92 Å².